The minimum Gasteiger partial charge on any atom is -1.00 e. The Morgan fingerprint density at radius 1 is 1.00 bits per heavy atom. The van der Waals surface area contributed by atoms with Crippen LogP contribution in [0.15, 0.2) is 0 Å². The van der Waals surface area contributed by atoms with E-state index in [1.54, 1.807) is 0 Å². The van der Waals surface area contributed by atoms with E-state index in [2.05, 4.69) is 0 Å². The summed E-state index contributed by atoms with van der Waals surface area (Å²) in [6.07, 6.45) is 3.41. The van der Waals surface area contributed by atoms with Gasteiger partial charge in [-0.15, -0.1) is 4.71 Å². The van der Waals surface area contributed by atoms with Crippen molar-refractivity contribution in [2.45, 2.75) is 19.3 Å². The molecule has 0 radical (unpaired) electrons. The number of hydrogen-bond donors (Lipinski definition) is 0. The summed E-state index contributed by atoms with van der Waals surface area (Å²) in [5.41, 5.74) is 0. The molecule has 3 rings (SSSR count). The van der Waals surface area contributed by atoms with E-state index >= 15 is 0 Å². The first-order valence-electron chi connectivity index (χ1n) is 3.84. The van der Waals surface area contributed by atoms with Crippen LogP contribution in [0.1, 0.15) is 19.3 Å². The monoisotopic (exact) mass is 149 g/mol. The predicted octanol–water partition coefficient (Wildman–Crippen LogP) is -1.49. The Balaban J connectivity index is 0.000000500. The van der Waals surface area contributed by atoms with Crippen molar-refractivity contribution in [2.75, 3.05) is 19.6 Å². The van der Waals surface area contributed by atoms with Gasteiger partial charge >= 0.3 is 0 Å². The summed E-state index contributed by atoms with van der Waals surface area (Å²) in [4.78, 5) is 0. The van der Waals surface area contributed by atoms with E-state index in [-0.39, 0.29) is 9.41 Å². The smallest absolute Gasteiger partial charge is 0.115 e. The molecule has 0 aromatic rings. The molecule has 3 fully saturated rings. The molecule has 0 aromatic heterocycles. The molecule has 0 aromatic carbocycles. The third-order valence-electron chi connectivity index (χ3n) is 2.81. The molecule has 0 saturated carbocycles. The molecule has 0 unspecified atom stereocenters. The number of piperidine rings is 3. The number of fused-ring (bicyclic) bond motifs is 3. The standard InChI is InChI=1S/C7H13FN.FH/c8-9-4-1-7(2-5-9)3-6-9;/h7H,1-6H2;1H/q+1;/p-1. The van der Waals surface area contributed by atoms with Crippen LogP contribution >= 0.6 is 0 Å². The fourth-order valence-electron chi connectivity index (χ4n) is 2.01. The summed E-state index contributed by atoms with van der Waals surface area (Å²) in [6, 6.07) is 0. The molecule has 0 amide bonds. The molecule has 3 heterocycles. The van der Waals surface area contributed by atoms with Crippen LogP contribution in [0.5, 0.6) is 0 Å². The summed E-state index contributed by atoms with van der Waals surface area (Å²) in [5.74, 6) is 0.876. The van der Waals surface area contributed by atoms with Crippen molar-refractivity contribution in [1.29, 1.82) is 0 Å². The van der Waals surface area contributed by atoms with Crippen molar-refractivity contribution in [1.82, 2.24) is 0 Å². The highest BCUT2D eigenvalue weighted by Crippen LogP contribution is 2.33. The molecule has 0 spiro atoms. The Kier molecular flexibility index (Phi) is 1.95. The summed E-state index contributed by atoms with van der Waals surface area (Å²) < 4.78 is 13.2. The van der Waals surface area contributed by atoms with Crippen molar-refractivity contribution < 1.29 is 13.9 Å². The predicted molar refractivity (Wildman–Crippen MR) is 33.3 cm³/mol. The lowest BCUT2D eigenvalue weighted by molar-refractivity contribution is -1.07. The first-order valence-corrected chi connectivity index (χ1v) is 3.84. The number of hydrogen-bond acceptors (Lipinski definition) is 0. The molecular formula is C7H13F2N. The third kappa shape index (κ3) is 1.15. The lowest BCUT2D eigenvalue weighted by Gasteiger charge is -2.39. The van der Waals surface area contributed by atoms with Crippen LogP contribution in [0.2, 0.25) is 0 Å². The zero-order valence-electron chi connectivity index (χ0n) is 6.02. The van der Waals surface area contributed by atoms with Gasteiger partial charge in [0, 0.05) is 19.3 Å². The van der Waals surface area contributed by atoms with Gasteiger partial charge in [0.15, 0.2) is 0 Å². The lowest BCUT2D eigenvalue weighted by Crippen LogP contribution is -3.00. The van der Waals surface area contributed by atoms with Crippen LogP contribution in [0.3, 0.4) is 0 Å². The highest BCUT2D eigenvalue weighted by atomic mass is 19.2. The van der Waals surface area contributed by atoms with Gasteiger partial charge in [0.1, 0.15) is 19.6 Å². The highest BCUT2D eigenvalue weighted by Gasteiger charge is 2.40. The molecule has 3 aliphatic rings. The molecule has 60 valence electrons. The van der Waals surface area contributed by atoms with Crippen molar-refractivity contribution >= 4 is 0 Å². The maximum Gasteiger partial charge on any atom is 0.115 e. The molecule has 0 N–H and O–H groups in total. The van der Waals surface area contributed by atoms with Crippen molar-refractivity contribution in [3.8, 4) is 0 Å². The second kappa shape index (κ2) is 2.46. The maximum atomic E-state index is 13.3. The zero-order valence-corrected chi connectivity index (χ0v) is 6.02. The van der Waals surface area contributed by atoms with Gasteiger partial charge in [-0.25, -0.2) is 0 Å². The Bertz CT molecular complexity index is 105. The summed E-state index contributed by atoms with van der Waals surface area (Å²) in [6.45, 7) is 2.39. The number of rotatable bonds is 0. The van der Waals surface area contributed by atoms with Crippen LogP contribution in [0.4, 0.5) is 4.48 Å². The van der Waals surface area contributed by atoms with E-state index in [4.69, 9.17) is 0 Å². The quantitative estimate of drug-likeness (QED) is 0.368. The van der Waals surface area contributed by atoms with Gasteiger partial charge in [-0.1, -0.05) is 0 Å². The number of nitrogens with zero attached hydrogens (tertiary/aromatic N) is 1. The molecule has 3 saturated heterocycles. The molecule has 2 bridgehead atoms. The molecule has 3 aliphatic heterocycles. The minimum absolute atomic E-state index is 0. The first-order chi connectivity index (χ1) is 4.29. The summed E-state index contributed by atoms with van der Waals surface area (Å²) >= 11 is 0. The van der Waals surface area contributed by atoms with E-state index in [9.17, 15) is 4.48 Å². The van der Waals surface area contributed by atoms with Gasteiger partial charge in [0.05, 0.1) is 0 Å². The van der Waals surface area contributed by atoms with Gasteiger partial charge < -0.3 is 4.70 Å². The van der Waals surface area contributed by atoms with Crippen molar-refractivity contribution in [3.63, 3.8) is 0 Å². The second-order valence-corrected chi connectivity index (χ2v) is 3.43. The van der Waals surface area contributed by atoms with Gasteiger partial charge in [-0.05, 0) is 10.4 Å². The molecule has 0 aliphatic carbocycles. The summed E-state index contributed by atoms with van der Waals surface area (Å²) in [5, 5.41) is 0. The van der Waals surface area contributed by atoms with Gasteiger partial charge in [-0.3, -0.25) is 0 Å². The Morgan fingerprint density at radius 2 is 1.40 bits per heavy atom. The van der Waals surface area contributed by atoms with E-state index in [1.165, 1.54) is 0 Å². The Hall–Kier alpha value is -0.180. The average Bonchev–Trinajstić information content (AvgIpc) is 1.90. The summed E-state index contributed by atoms with van der Waals surface area (Å²) in [7, 11) is 0. The molecular weight excluding hydrogens is 136 g/mol. The fourth-order valence-corrected chi connectivity index (χ4v) is 2.01. The largest absolute Gasteiger partial charge is 1.00 e. The lowest BCUT2D eigenvalue weighted by atomic mass is 9.88. The van der Waals surface area contributed by atoms with Gasteiger partial charge in [-0.2, -0.15) is 0 Å². The van der Waals surface area contributed by atoms with Crippen LogP contribution in [-0.2, 0) is 0 Å². The van der Waals surface area contributed by atoms with E-state index in [0.717, 1.165) is 44.8 Å². The Labute approximate surface area is 59.7 Å². The average molecular weight is 149 g/mol. The van der Waals surface area contributed by atoms with Gasteiger partial charge in [0.25, 0.3) is 0 Å². The normalized spacial score (nSPS) is 44.7. The number of quaternary nitrogens is 1. The van der Waals surface area contributed by atoms with E-state index in [0.29, 0.717) is 0 Å². The van der Waals surface area contributed by atoms with Crippen molar-refractivity contribution in [2.24, 2.45) is 5.92 Å². The minimum atomic E-state index is -0.115. The van der Waals surface area contributed by atoms with E-state index in [1.807, 2.05) is 0 Å². The highest BCUT2D eigenvalue weighted by molar-refractivity contribution is 4.68. The van der Waals surface area contributed by atoms with Gasteiger partial charge in [0.2, 0.25) is 0 Å². The fraction of sp³-hybridized carbons (Fsp3) is 1.00. The molecule has 10 heavy (non-hydrogen) atoms. The van der Waals surface area contributed by atoms with Crippen LogP contribution in [-0.4, -0.2) is 24.3 Å². The zero-order chi connectivity index (χ0) is 6.32. The molecule has 1 nitrogen and oxygen atoms in total. The van der Waals surface area contributed by atoms with Crippen LogP contribution in [0, 0.1) is 5.92 Å². The van der Waals surface area contributed by atoms with Crippen LogP contribution < -0.4 is 4.70 Å². The maximum absolute atomic E-state index is 13.3. The first kappa shape index (κ1) is 7.92. The van der Waals surface area contributed by atoms with Crippen molar-refractivity contribution in [3.05, 3.63) is 0 Å². The second-order valence-electron chi connectivity index (χ2n) is 3.43. The Morgan fingerprint density at radius 3 is 1.60 bits per heavy atom. The topological polar surface area (TPSA) is 0 Å². The van der Waals surface area contributed by atoms with E-state index < -0.39 is 0 Å². The SMILES string of the molecule is F[N+]12CCC(CC1)CC2.[F-]. The third-order valence-corrected chi connectivity index (χ3v) is 2.81. The molecule has 3 heteroatoms. The molecule has 0 atom stereocenters. The number of halogens is 2. The van der Waals surface area contributed by atoms with Crippen LogP contribution in [0.25, 0.3) is 0 Å².